The number of benzene rings is 1. The molecule has 1 aromatic carbocycles. The van der Waals surface area contributed by atoms with Crippen LogP contribution in [-0.2, 0) is 9.05 Å². The summed E-state index contributed by atoms with van der Waals surface area (Å²) in [6.07, 6.45) is 1.54. The summed E-state index contributed by atoms with van der Waals surface area (Å²) >= 11 is 0. The molecule has 0 saturated heterocycles. The highest BCUT2D eigenvalue weighted by atomic mass is 35.7. The van der Waals surface area contributed by atoms with Gasteiger partial charge in [0, 0.05) is 16.7 Å². The number of nitro benzene ring substituents is 1. The fourth-order valence-corrected chi connectivity index (χ4v) is 2.69. The highest BCUT2D eigenvalue weighted by Gasteiger charge is 2.26. The Balaban J connectivity index is 3.27. The van der Waals surface area contributed by atoms with Gasteiger partial charge in [-0.25, -0.2) is 12.8 Å². The Labute approximate surface area is 126 Å². The molecule has 9 heteroatoms. The minimum absolute atomic E-state index is 0.0984. The van der Waals surface area contributed by atoms with Crippen molar-refractivity contribution < 1.29 is 22.5 Å². The summed E-state index contributed by atoms with van der Waals surface area (Å²) in [5.41, 5.74) is -0.707. The second-order valence-corrected chi connectivity index (χ2v) is 6.98. The molecule has 0 aliphatic rings. The lowest BCUT2D eigenvalue weighted by Crippen LogP contribution is -2.13. The van der Waals surface area contributed by atoms with Gasteiger partial charge in [0.2, 0.25) is 0 Å². The molecule has 0 N–H and O–H groups in total. The maximum atomic E-state index is 13.9. The van der Waals surface area contributed by atoms with Gasteiger partial charge in [0.15, 0.2) is 11.6 Å². The van der Waals surface area contributed by atoms with E-state index in [9.17, 15) is 22.9 Å². The maximum absolute atomic E-state index is 13.9. The third-order valence-electron chi connectivity index (χ3n) is 3.09. The Bertz CT molecular complexity index is 631. The molecule has 0 bridgehead atoms. The number of ether oxygens (including phenoxy) is 1. The summed E-state index contributed by atoms with van der Waals surface area (Å²) in [6.45, 7) is 3.94. The number of halogens is 2. The van der Waals surface area contributed by atoms with E-state index in [0.29, 0.717) is 12.1 Å². The Hall–Kier alpha value is -1.41. The first kappa shape index (κ1) is 17.6. The monoisotopic (exact) mass is 339 g/mol. The van der Waals surface area contributed by atoms with Gasteiger partial charge in [0.1, 0.15) is 4.90 Å². The summed E-state index contributed by atoms with van der Waals surface area (Å²) in [5.74, 6) is -1.60. The molecule has 0 spiro atoms. The summed E-state index contributed by atoms with van der Waals surface area (Å²) in [7, 11) is 0.828. The minimum Gasteiger partial charge on any atom is -0.489 e. The van der Waals surface area contributed by atoms with Crippen LogP contribution in [0.2, 0.25) is 0 Å². The van der Waals surface area contributed by atoms with Crippen molar-refractivity contribution in [3.8, 4) is 5.75 Å². The summed E-state index contributed by atoms with van der Waals surface area (Å²) < 4.78 is 42.0. The van der Waals surface area contributed by atoms with Gasteiger partial charge >= 0.3 is 0 Å². The first-order chi connectivity index (χ1) is 9.70. The van der Waals surface area contributed by atoms with Gasteiger partial charge in [0.25, 0.3) is 14.7 Å². The largest absolute Gasteiger partial charge is 0.489 e. The molecule has 0 aliphatic heterocycles. The second kappa shape index (κ2) is 7.04. The van der Waals surface area contributed by atoms with Crippen molar-refractivity contribution in [2.75, 3.05) is 6.61 Å². The Morgan fingerprint density at radius 3 is 2.38 bits per heavy atom. The van der Waals surface area contributed by atoms with Gasteiger partial charge < -0.3 is 4.74 Å². The highest BCUT2D eigenvalue weighted by molar-refractivity contribution is 8.13. The average molecular weight is 340 g/mol. The average Bonchev–Trinajstić information content (AvgIpc) is 2.39. The van der Waals surface area contributed by atoms with E-state index < -0.39 is 36.1 Å². The quantitative estimate of drug-likeness (QED) is 0.431. The van der Waals surface area contributed by atoms with Gasteiger partial charge in [0.05, 0.1) is 17.6 Å². The normalized spacial score (nSPS) is 11.7. The minimum atomic E-state index is -4.37. The molecular weight excluding hydrogens is 325 g/mol. The van der Waals surface area contributed by atoms with E-state index in [2.05, 4.69) is 0 Å². The van der Waals surface area contributed by atoms with Crippen LogP contribution in [0.4, 0.5) is 10.1 Å². The lowest BCUT2D eigenvalue weighted by molar-refractivity contribution is -0.385. The molecule has 21 heavy (non-hydrogen) atoms. The molecule has 0 saturated carbocycles. The van der Waals surface area contributed by atoms with Crippen LogP contribution >= 0.6 is 10.7 Å². The van der Waals surface area contributed by atoms with Crippen molar-refractivity contribution in [1.82, 2.24) is 0 Å². The van der Waals surface area contributed by atoms with Gasteiger partial charge in [-0.15, -0.1) is 0 Å². The number of rotatable bonds is 7. The first-order valence-electron chi connectivity index (χ1n) is 6.26. The fourth-order valence-electron chi connectivity index (χ4n) is 1.71. The zero-order chi connectivity index (χ0) is 16.2. The van der Waals surface area contributed by atoms with E-state index in [-0.39, 0.29) is 12.5 Å². The second-order valence-electron chi connectivity index (χ2n) is 4.44. The van der Waals surface area contributed by atoms with Gasteiger partial charge in [-0.2, -0.15) is 0 Å². The van der Waals surface area contributed by atoms with Crippen LogP contribution in [-0.4, -0.2) is 19.9 Å². The fraction of sp³-hybridized carbons (Fsp3) is 0.500. The summed E-state index contributed by atoms with van der Waals surface area (Å²) in [5, 5.41) is 10.7. The highest BCUT2D eigenvalue weighted by Crippen LogP contribution is 2.34. The van der Waals surface area contributed by atoms with Crippen LogP contribution in [0.1, 0.15) is 26.7 Å². The molecule has 0 amide bonds. The van der Waals surface area contributed by atoms with E-state index in [1.54, 1.807) is 0 Å². The third kappa shape index (κ3) is 4.53. The molecule has 1 aromatic rings. The van der Waals surface area contributed by atoms with Crippen LogP contribution in [0.5, 0.6) is 5.75 Å². The lowest BCUT2D eigenvalue weighted by atomic mass is 10.1. The van der Waals surface area contributed by atoms with Crippen LogP contribution in [0.15, 0.2) is 17.0 Å². The van der Waals surface area contributed by atoms with Crippen LogP contribution in [0.3, 0.4) is 0 Å². The van der Waals surface area contributed by atoms with Crippen LogP contribution in [0, 0.1) is 21.8 Å². The van der Waals surface area contributed by atoms with Crippen LogP contribution in [0.25, 0.3) is 0 Å². The van der Waals surface area contributed by atoms with E-state index >= 15 is 0 Å². The number of nitrogens with zero attached hydrogens (tertiary/aromatic N) is 1. The predicted octanol–water partition coefficient (Wildman–Crippen LogP) is 3.48. The number of non-ortho nitro benzene ring substituents is 1. The van der Waals surface area contributed by atoms with E-state index in [4.69, 9.17) is 15.4 Å². The molecule has 0 radical (unpaired) electrons. The molecule has 6 nitrogen and oxygen atoms in total. The number of nitro groups is 1. The van der Waals surface area contributed by atoms with E-state index in [1.165, 1.54) is 0 Å². The molecular formula is C12H15ClFNO5S. The zero-order valence-corrected chi connectivity index (χ0v) is 13.1. The molecule has 0 aliphatic carbocycles. The summed E-state index contributed by atoms with van der Waals surface area (Å²) in [4.78, 5) is 9.02. The Kier molecular flexibility index (Phi) is 5.91. The maximum Gasteiger partial charge on any atom is 0.273 e. The predicted molar refractivity (Wildman–Crippen MR) is 75.7 cm³/mol. The van der Waals surface area contributed by atoms with Gasteiger partial charge in [-0.1, -0.05) is 26.7 Å². The van der Waals surface area contributed by atoms with Crippen molar-refractivity contribution in [3.05, 3.63) is 28.1 Å². The third-order valence-corrected chi connectivity index (χ3v) is 4.41. The lowest BCUT2D eigenvalue weighted by Gasteiger charge is -2.15. The van der Waals surface area contributed by atoms with E-state index in [1.807, 2.05) is 13.8 Å². The standard InChI is InChI=1S/C12H15ClFNO5S/c1-3-8(4-2)7-20-12-10(14)5-9(15(16)17)6-11(12)21(13,18)19/h5-6,8H,3-4,7H2,1-2H3. The zero-order valence-electron chi connectivity index (χ0n) is 11.5. The Morgan fingerprint density at radius 1 is 1.38 bits per heavy atom. The Morgan fingerprint density at radius 2 is 1.95 bits per heavy atom. The molecule has 0 unspecified atom stereocenters. The molecule has 0 heterocycles. The number of hydrogen-bond acceptors (Lipinski definition) is 5. The van der Waals surface area contributed by atoms with Gasteiger partial charge in [-0.3, -0.25) is 10.1 Å². The van der Waals surface area contributed by atoms with E-state index in [0.717, 1.165) is 12.8 Å². The topological polar surface area (TPSA) is 86.5 Å². The first-order valence-corrected chi connectivity index (χ1v) is 8.57. The molecule has 0 atom stereocenters. The van der Waals surface area contributed by atoms with Crippen molar-refractivity contribution >= 4 is 25.4 Å². The molecule has 118 valence electrons. The van der Waals surface area contributed by atoms with Crippen molar-refractivity contribution in [2.24, 2.45) is 5.92 Å². The van der Waals surface area contributed by atoms with Gasteiger partial charge in [-0.05, 0) is 5.92 Å². The molecule has 1 rings (SSSR count). The molecule has 0 aromatic heterocycles. The number of hydrogen-bond donors (Lipinski definition) is 0. The summed E-state index contributed by atoms with van der Waals surface area (Å²) in [6, 6.07) is 1.29. The van der Waals surface area contributed by atoms with Crippen molar-refractivity contribution in [1.29, 1.82) is 0 Å². The SMILES string of the molecule is CCC(CC)COc1c(F)cc([N+](=O)[O-])cc1S(=O)(=O)Cl. The van der Waals surface area contributed by atoms with Crippen molar-refractivity contribution in [3.63, 3.8) is 0 Å². The smallest absolute Gasteiger partial charge is 0.273 e. The van der Waals surface area contributed by atoms with Crippen LogP contribution < -0.4 is 4.74 Å². The van der Waals surface area contributed by atoms with Crippen molar-refractivity contribution in [2.45, 2.75) is 31.6 Å². The molecule has 0 fully saturated rings.